The lowest BCUT2D eigenvalue weighted by atomic mass is 9.98. The minimum absolute atomic E-state index is 0.121. The third-order valence-electron chi connectivity index (χ3n) is 5.29. The van der Waals surface area contributed by atoms with Crippen molar-refractivity contribution in [1.29, 1.82) is 0 Å². The molecule has 1 aromatic heterocycles. The minimum atomic E-state index is -0.676. The largest absolute Gasteiger partial charge is 0.351 e. The van der Waals surface area contributed by atoms with Crippen molar-refractivity contribution in [3.05, 3.63) is 34.2 Å². The number of hydrogen-bond acceptors (Lipinski definition) is 4. The summed E-state index contributed by atoms with van der Waals surface area (Å²) in [6, 6.07) is 7.30. The maximum atomic E-state index is 12.6. The lowest BCUT2D eigenvalue weighted by Crippen LogP contribution is -2.44. The summed E-state index contributed by atoms with van der Waals surface area (Å²) >= 11 is 7.68. The standard InChI is InChI=1S/C19H20ClN3O3S/c20-14-12-6-1-2-7-13(12)27-15(14)16(24)21-10-5-11-23-17(25)19(22-18(23)26)8-3-4-9-19/h1-2,6-7H,3-5,8-11H2,(H,21,24)(H,22,26). The van der Waals surface area contributed by atoms with Crippen LogP contribution in [0.4, 0.5) is 4.79 Å². The van der Waals surface area contributed by atoms with E-state index in [2.05, 4.69) is 10.6 Å². The second-order valence-electron chi connectivity index (χ2n) is 7.03. The first-order valence-electron chi connectivity index (χ1n) is 9.11. The normalized spacial score (nSPS) is 18.5. The molecule has 1 spiro atoms. The van der Waals surface area contributed by atoms with E-state index in [1.54, 1.807) is 0 Å². The van der Waals surface area contributed by atoms with E-state index in [1.165, 1.54) is 16.2 Å². The van der Waals surface area contributed by atoms with Crippen LogP contribution in [0.3, 0.4) is 0 Å². The lowest BCUT2D eigenvalue weighted by Gasteiger charge is -2.20. The lowest BCUT2D eigenvalue weighted by molar-refractivity contribution is -0.131. The number of carbonyl (C=O) groups is 3. The van der Waals surface area contributed by atoms with Crippen molar-refractivity contribution in [3.8, 4) is 0 Å². The number of thiophene rings is 1. The number of halogens is 1. The van der Waals surface area contributed by atoms with Crippen LogP contribution in [0, 0.1) is 0 Å². The Kier molecular flexibility index (Phi) is 4.82. The number of amides is 4. The fraction of sp³-hybridized carbons (Fsp3) is 0.421. The molecule has 1 saturated carbocycles. The van der Waals surface area contributed by atoms with E-state index in [9.17, 15) is 14.4 Å². The van der Waals surface area contributed by atoms with E-state index in [4.69, 9.17) is 11.6 Å². The van der Waals surface area contributed by atoms with Crippen molar-refractivity contribution in [2.24, 2.45) is 0 Å². The molecule has 0 radical (unpaired) electrons. The number of nitrogens with one attached hydrogen (secondary N) is 2. The van der Waals surface area contributed by atoms with Crippen LogP contribution in [0.5, 0.6) is 0 Å². The zero-order chi connectivity index (χ0) is 19.0. The SMILES string of the molecule is O=C(NCCCN1C(=O)NC2(CCCC2)C1=O)c1sc2ccccc2c1Cl. The molecule has 2 heterocycles. The molecule has 142 valence electrons. The Morgan fingerprint density at radius 3 is 2.74 bits per heavy atom. The fourth-order valence-electron chi connectivity index (χ4n) is 3.88. The molecule has 2 N–H and O–H groups in total. The predicted molar refractivity (Wildman–Crippen MR) is 105 cm³/mol. The Hall–Kier alpha value is -2.12. The molecule has 4 rings (SSSR count). The van der Waals surface area contributed by atoms with Crippen LogP contribution in [0.1, 0.15) is 41.8 Å². The predicted octanol–water partition coefficient (Wildman–Crippen LogP) is 3.54. The molecule has 1 saturated heterocycles. The molecule has 6 nitrogen and oxygen atoms in total. The zero-order valence-corrected chi connectivity index (χ0v) is 16.3. The summed E-state index contributed by atoms with van der Waals surface area (Å²) in [4.78, 5) is 38.9. The maximum Gasteiger partial charge on any atom is 0.325 e. The van der Waals surface area contributed by atoms with Gasteiger partial charge in [0, 0.05) is 23.2 Å². The highest BCUT2D eigenvalue weighted by Gasteiger charge is 2.51. The Balaban J connectivity index is 1.32. The van der Waals surface area contributed by atoms with E-state index in [0.717, 1.165) is 35.8 Å². The maximum absolute atomic E-state index is 12.6. The average Bonchev–Trinajstić information content (AvgIpc) is 3.32. The summed E-state index contributed by atoms with van der Waals surface area (Å²) in [6.45, 7) is 0.667. The molecule has 2 fully saturated rings. The number of fused-ring (bicyclic) bond motifs is 1. The van der Waals surface area contributed by atoms with Crippen molar-refractivity contribution in [1.82, 2.24) is 15.5 Å². The molecule has 8 heteroatoms. The highest BCUT2D eigenvalue weighted by atomic mass is 35.5. The van der Waals surface area contributed by atoms with Gasteiger partial charge in [0.15, 0.2) is 0 Å². The molecule has 27 heavy (non-hydrogen) atoms. The molecule has 2 aliphatic rings. The van der Waals surface area contributed by atoms with Crippen molar-refractivity contribution in [2.75, 3.05) is 13.1 Å². The third-order valence-corrected chi connectivity index (χ3v) is 6.96. The Morgan fingerprint density at radius 1 is 1.26 bits per heavy atom. The Bertz CT molecular complexity index is 920. The first kappa shape index (κ1) is 18.3. The second-order valence-corrected chi connectivity index (χ2v) is 8.46. The van der Waals surface area contributed by atoms with E-state index in [1.807, 2.05) is 24.3 Å². The van der Waals surface area contributed by atoms with Crippen LogP contribution in [0.25, 0.3) is 10.1 Å². The zero-order valence-electron chi connectivity index (χ0n) is 14.7. The van der Waals surface area contributed by atoms with Gasteiger partial charge in [0.25, 0.3) is 11.8 Å². The summed E-state index contributed by atoms with van der Waals surface area (Å²) < 4.78 is 0.967. The van der Waals surface area contributed by atoms with Gasteiger partial charge in [0.2, 0.25) is 0 Å². The summed E-state index contributed by atoms with van der Waals surface area (Å²) in [5, 5.41) is 7.03. The summed E-state index contributed by atoms with van der Waals surface area (Å²) in [5.41, 5.74) is -0.676. The monoisotopic (exact) mass is 405 g/mol. The van der Waals surface area contributed by atoms with Crippen molar-refractivity contribution >= 4 is 50.9 Å². The van der Waals surface area contributed by atoms with Crippen LogP contribution >= 0.6 is 22.9 Å². The van der Waals surface area contributed by atoms with Gasteiger partial charge in [-0.05, 0) is 25.3 Å². The van der Waals surface area contributed by atoms with E-state index >= 15 is 0 Å². The number of benzene rings is 1. The molecule has 1 aliphatic carbocycles. The molecular formula is C19H20ClN3O3S. The summed E-state index contributed by atoms with van der Waals surface area (Å²) in [7, 11) is 0. The topological polar surface area (TPSA) is 78.5 Å². The van der Waals surface area contributed by atoms with E-state index in [0.29, 0.717) is 29.4 Å². The summed E-state index contributed by atoms with van der Waals surface area (Å²) in [6.07, 6.45) is 3.87. The molecule has 2 aromatic rings. The van der Waals surface area contributed by atoms with Crippen LogP contribution in [0.15, 0.2) is 24.3 Å². The highest BCUT2D eigenvalue weighted by Crippen LogP contribution is 2.36. The highest BCUT2D eigenvalue weighted by molar-refractivity contribution is 7.21. The minimum Gasteiger partial charge on any atom is -0.351 e. The van der Waals surface area contributed by atoms with E-state index in [-0.39, 0.29) is 17.8 Å². The Morgan fingerprint density at radius 2 is 2.00 bits per heavy atom. The first-order chi connectivity index (χ1) is 13.0. The van der Waals surface area contributed by atoms with Gasteiger partial charge in [-0.2, -0.15) is 0 Å². The Labute approximate surface area is 165 Å². The van der Waals surface area contributed by atoms with Crippen LogP contribution < -0.4 is 10.6 Å². The molecule has 0 bridgehead atoms. The second kappa shape index (κ2) is 7.13. The van der Waals surface area contributed by atoms with Crippen LogP contribution in [-0.4, -0.2) is 41.4 Å². The smallest absolute Gasteiger partial charge is 0.325 e. The third kappa shape index (κ3) is 3.19. The average molecular weight is 406 g/mol. The molecule has 1 aliphatic heterocycles. The van der Waals surface area contributed by atoms with Crippen molar-refractivity contribution in [2.45, 2.75) is 37.6 Å². The molecular weight excluding hydrogens is 386 g/mol. The van der Waals surface area contributed by atoms with Gasteiger partial charge in [-0.3, -0.25) is 14.5 Å². The van der Waals surface area contributed by atoms with Gasteiger partial charge in [-0.15, -0.1) is 11.3 Å². The van der Waals surface area contributed by atoms with Crippen molar-refractivity contribution in [3.63, 3.8) is 0 Å². The van der Waals surface area contributed by atoms with Gasteiger partial charge < -0.3 is 10.6 Å². The number of rotatable bonds is 5. The molecule has 0 unspecified atom stereocenters. The quantitative estimate of drug-likeness (QED) is 0.590. The van der Waals surface area contributed by atoms with Gasteiger partial charge in [-0.25, -0.2) is 4.79 Å². The number of nitrogens with zero attached hydrogens (tertiary/aromatic N) is 1. The van der Waals surface area contributed by atoms with Gasteiger partial charge in [0.05, 0.1) is 5.02 Å². The molecule has 1 aromatic carbocycles. The number of hydrogen-bond donors (Lipinski definition) is 2. The molecule has 0 atom stereocenters. The van der Waals surface area contributed by atoms with Crippen LogP contribution in [0.2, 0.25) is 5.02 Å². The first-order valence-corrected chi connectivity index (χ1v) is 10.3. The molecule has 4 amide bonds. The van der Waals surface area contributed by atoms with Crippen molar-refractivity contribution < 1.29 is 14.4 Å². The van der Waals surface area contributed by atoms with E-state index < -0.39 is 5.54 Å². The van der Waals surface area contributed by atoms with Gasteiger partial charge in [-0.1, -0.05) is 42.6 Å². The number of carbonyl (C=O) groups excluding carboxylic acids is 3. The van der Waals surface area contributed by atoms with Gasteiger partial charge >= 0.3 is 6.03 Å². The number of urea groups is 1. The summed E-state index contributed by atoms with van der Waals surface area (Å²) in [5.74, 6) is -0.352. The van der Waals surface area contributed by atoms with Gasteiger partial charge in [0.1, 0.15) is 10.4 Å². The van der Waals surface area contributed by atoms with Crippen LogP contribution in [-0.2, 0) is 4.79 Å². The fourth-order valence-corrected chi connectivity index (χ4v) is 5.31. The number of imide groups is 1.